The molecule has 8 nitrogen and oxygen atoms in total. The highest BCUT2D eigenvalue weighted by Crippen LogP contribution is 2.09. The number of guanidine groups is 1. The minimum Gasteiger partial charge on any atom is -0.356 e. The number of hydrogen-bond donors (Lipinski definition) is 1. The van der Waals surface area contributed by atoms with E-state index in [2.05, 4.69) is 38.6 Å². The van der Waals surface area contributed by atoms with E-state index in [1.807, 2.05) is 66.8 Å². The molecule has 0 amide bonds. The van der Waals surface area contributed by atoms with Crippen molar-refractivity contribution in [2.24, 2.45) is 12.0 Å². The molecule has 0 aliphatic carbocycles. The van der Waals surface area contributed by atoms with Crippen molar-refractivity contribution in [3.63, 3.8) is 0 Å². The number of unbranched alkanes of at least 4 members (excludes halogenated alkanes) is 1. The Balaban J connectivity index is 0.00000320. The molecular formula is C21H31IN8. The van der Waals surface area contributed by atoms with Crippen molar-refractivity contribution in [1.29, 1.82) is 0 Å². The molecule has 162 valence electrons. The first-order chi connectivity index (χ1) is 14.1. The van der Waals surface area contributed by atoms with Crippen LogP contribution in [0.3, 0.4) is 0 Å². The second kappa shape index (κ2) is 11.7. The lowest BCUT2D eigenvalue weighted by Gasteiger charge is -2.22. The number of aryl methyl sites for hydroxylation is 1. The van der Waals surface area contributed by atoms with Crippen LogP contribution in [0.4, 0.5) is 0 Å². The van der Waals surface area contributed by atoms with Crippen molar-refractivity contribution in [1.82, 2.24) is 34.8 Å². The van der Waals surface area contributed by atoms with E-state index in [0.717, 1.165) is 48.2 Å². The third kappa shape index (κ3) is 6.28. The zero-order chi connectivity index (χ0) is 20.6. The summed E-state index contributed by atoms with van der Waals surface area (Å²) in [6.45, 7) is 6.21. The Morgan fingerprint density at radius 1 is 1.20 bits per heavy atom. The van der Waals surface area contributed by atoms with Crippen LogP contribution in [-0.4, -0.2) is 49.0 Å². The molecule has 1 N–H and O–H groups in total. The van der Waals surface area contributed by atoms with Gasteiger partial charge in [0.25, 0.3) is 0 Å². The summed E-state index contributed by atoms with van der Waals surface area (Å²) in [4.78, 5) is 6.90. The standard InChI is InChI=1S/C21H30N8.HI/c1-5-6-12-22-21(23-14-20-26-25-17(2)28(20)4)27(3)15-18-13-24-29(16-18)19-10-8-7-9-11-19;/h7-11,13,16H,5-6,12,14-15H2,1-4H3,(H,22,23);1H. The van der Waals surface area contributed by atoms with Crippen LogP contribution in [0.1, 0.15) is 37.0 Å². The van der Waals surface area contributed by atoms with Crippen LogP contribution in [0.25, 0.3) is 5.69 Å². The summed E-state index contributed by atoms with van der Waals surface area (Å²) in [6.07, 6.45) is 6.19. The maximum Gasteiger partial charge on any atom is 0.194 e. The maximum absolute atomic E-state index is 4.78. The fraction of sp³-hybridized carbons (Fsp3) is 0.429. The molecule has 0 spiro atoms. The van der Waals surface area contributed by atoms with E-state index in [-0.39, 0.29) is 24.0 Å². The molecule has 0 radical (unpaired) electrons. The van der Waals surface area contributed by atoms with E-state index < -0.39 is 0 Å². The van der Waals surface area contributed by atoms with Gasteiger partial charge >= 0.3 is 0 Å². The van der Waals surface area contributed by atoms with Crippen LogP contribution in [-0.2, 0) is 20.1 Å². The van der Waals surface area contributed by atoms with Crippen LogP contribution in [0.2, 0.25) is 0 Å². The zero-order valence-electron chi connectivity index (χ0n) is 18.1. The molecule has 3 aromatic rings. The summed E-state index contributed by atoms with van der Waals surface area (Å²) in [5, 5.41) is 16.3. The number of hydrogen-bond acceptors (Lipinski definition) is 4. The summed E-state index contributed by atoms with van der Waals surface area (Å²) in [5.41, 5.74) is 2.17. The number of para-hydroxylation sites is 1. The minimum atomic E-state index is 0. The molecule has 2 heterocycles. The normalized spacial score (nSPS) is 11.3. The Labute approximate surface area is 195 Å². The molecule has 9 heteroatoms. The Morgan fingerprint density at radius 3 is 2.63 bits per heavy atom. The van der Waals surface area contributed by atoms with Crippen molar-refractivity contribution >= 4 is 29.9 Å². The summed E-state index contributed by atoms with van der Waals surface area (Å²) in [6, 6.07) is 10.1. The first-order valence-corrected chi connectivity index (χ1v) is 10.0. The van der Waals surface area contributed by atoms with Gasteiger partial charge in [-0.2, -0.15) is 5.10 Å². The van der Waals surface area contributed by atoms with Gasteiger partial charge in [0.15, 0.2) is 11.8 Å². The molecular weight excluding hydrogens is 491 g/mol. The van der Waals surface area contributed by atoms with Gasteiger partial charge in [-0.25, -0.2) is 9.67 Å². The van der Waals surface area contributed by atoms with E-state index in [1.165, 1.54) is 0 Å². The van der Waals surface area contributed by atoms with Crippen LogP contribution in [0.15, 0.2) is 47.7 Å². The number of aromatic nitrogens is 5. The van der Waals surface area contributed by atoms with Gasteiger partial charge in [-0.05, 0) is 25.5 Å². The Bertz CT molecular complexity index is 932. The highest BCUT2D eigenvalue weighted by Gasteiger charge is 2.11. The van der Waals surface area contributed by atoms with Gasteiger partial charge in [-0.15, -0.1) is 34.2 Å². The molecule has 0 bridgehead atoms. The molecule has 3 rings (SSSR count). The molecule has 2 aromatic heterocycles. The third-order valence-electron chi connectivity index (χ3n) is 4.80. The fourth-order valence-corrected chi connectivity index (χ4v) is 2.94. The molecule has 0 unspecified atom stereocenters. The average Bonchev–Trinajstić information content (AvgIpc) is 3.32. The van der Waals surface area contributed by atoms with Crippen molar-refractivity contribution in [2.45, 2.75) is 39.8 Å². The number of nitrogens with one attached hydrogen (secondary N) is 1. The van der Waals surface area contributed by atoms with Gasteiger partial charge in [0.2, 0.25) is 0 Å². The molecule has 0 aliphatic rings. The quantitative estimate of drug-likeness (QED) is 0.213. The third-order valence-corrected chi connectivity index (χ3v) is 4.80. The molecule has 1 aromatic carbocycles. The van der Waals surface area contributed by atoms with Crippen LogP contribution in [0.5, 0.6) is 0 Å². The molecule has 30 heavy (non-hydrogen) atoms. The summed E-state index contributed by atoms with van der Waals surface area (Å²) in [5.74, 6) is 2.59. The van der Waals surface area contributed by atoms with Crippen LogP contribution < -0.4 is 5.32 Å². The predicted molar refractivity (Wildman–Crippen MR) is 130 cm³/mol. The van der Waals surface area contributed by atoms with Crippen molar-refractivity contribution in [2.75, 3.05) is 13.6 Å². The lowest BCUT2D eigenvalue weighted by atomic mass is 10.3. The van der Waals surface area contributed by atoms with Gasteiger partial charge in [-0.1, -0.05) is 31.5 Å². The van der Waals surface area contributed by atoms with Crippen molar-refractivity contribution < 1.29 is 0 Å². The molecule has 0 aliphatic heterocycles. The van der Waals surface area contributed by atoms with E-state index in [0.29, 0.717) is 13.1 Å². The number of benzene rings is 1. The number of nitrogens with zero attached hydrogens (tertiary/aromatic N) is 7. The highest BCUT2D eigenvalue weighted by molar-refractivity contribution is 14.0. The van der Waals surface area contributed by atoms with Crippen LogP contribution in [0, 0.1) is 6.92 Å². The minimum absolute atomic E-state index is 0. The van der Waals surface area contributed by atoms with Gasteiger partial charge in [0.1, 0.15) is 12.4 Å². The van der Waals surface area contributed by atoms with E-state index in [4.69, 9.17) is 4.99 Å². The zero-order valence-corrected chi connectivity index (χ0v) is 20.4. The molecule has 0 saturated carbocycles. The van der Waals surface area contributed by atoms with E-state index >= 15 is 0 Å². The van der Waals surface area contributed by atoms with Crippen molar-refractivity contribution in [3.05, 3.63) is 59.9 Å². The summed E-state index contributed by atoms with van der Waals surface area (Å²) >= 11 is 0. The van der Waals surface area contributed by atoms with E-state index in [1.54, 1.807) is 0 Å². The number of rotatable bonds is 8. The number of halogens is 1. The Hall–Kier alpha value is -2.43. The summed E-state index contributed by atoms with van der Waals surface area (Å²) in [7, 11) is 4.01. The van der Waals surface area contributed by atoms with E-state index in [9.17, 15) is 0 Å². The fourth-order valence-electron chi connectivity index (χ4n) is 2.94. The molecule has 0 saturated heterocycles. The lowest BCUT2D eigenvalue weighted by molar-refractivity contribution is 0.472. The second-order valence-corrected chi connectivity index (χ2v) is 7.13. The Morgan fingerprint density at radius 2 is 1.97 bits per heavy atom. The topological polar surface area (TPSA) is 76.2 Å². The first kappa shape index (κ1) is 23.8. The predicted octanol–water partition coefficient (Wildman–Crippen LogP) is 3.30. The van der Waals surface area contributed by atoms with Gasteiger partial charge in [0.05, 0.1) is 11.9 Å². The highest BCUT2D eigenvalue weighted by atomic mass is 127. The van der Waals surface area contributed by atoms with Gasteiger partial charge in [-0.3, -0.25) is 0 Å². The monoisotopic (exact) mass is 522 g/mol. The van der Waals surface area contributed by atoms with Gasteiger partial charge < -0.3 is 14.8 Å². The molecule has 0 fully saturated rings. The smallest absolute Gasteiger partial charge is 0.194 e. The molecule has 0 atom stereocenters. The largest absolute Gasteiger partial charge is 0.356 e. The average molecular weight is 522 g/mol. The number of aliphatic imine (C=N–C) groups is 1. The maximum atomic E-state index is 4.78. The SMILES string of the molecule is CCCCNC(=NCc1nnc(C)n1C)N(C)Cc1cnn(-c2ccccc2)c1.I. The van der Waals surface area contributed by atoms with Crippen molar-refractivity contribution in [3.8, 4) is 5.69 Å². The summed E-state index contributed by atoms with van der Waals surface area (Å²) < 4.78 is 3.86. The second-order valence-electron chi connectivity index (χ2n) is 7.13. The lowest BCUT2D eigenvalue weighted by Crippen LogP contribution is -2.39. The Kier molecular flexibility index (Phi) is 9.28. The first-order valence-electron chi connectivity index (χ1n) is 10.0. The van der Waals surface area contributed by atoms with Gasteiger partial charge in [0, 0.05) is 38.9 Å². The van der Waals surface area contributed by atoms with Crippen LogP contribution >= 0.6 is 24.0 Å².